The van der Waals surface area contributed by atoms with Gasteiger partial charge < -0.3 is 19.7 Å². The SMILES string of the molecule is CCN(CC)CCCNCC1OCCCO1. The molecule has 16 heavy (non-hydrogen) atoms. The molecule has 1 saturated heterocycles. The predicted octanol–water partition coefficient (Wildman–Crippen LogP) is 1.07. The zero-order chi connectivity index (χ0) is 11.6. The third-order valence-corrected chi connectivity index (χ3v) is 2.93. The average molecular weight is 230 g/mol. The van der Waals surface area contributed by atoms with Gasteiger partial charge in [-0.3, -0.25) is 0 Å². The van der Waals surface area contributed by atoms with Gasteiger partial charge in [-0.05, 0) is 39.0 Å². The van der Waals surface area contributed by atoms with Gasteiger partial charge in [-0.2, -0.15) is 0 Å². The summed E-state index contributed by atoms with van der Waals surface area (Å²) < 4.78 is 10.9. The van der Waals surface area contributed by atoms with E-state index in [0.717, 1.165) is 45.8 Å². The summed E-state index contributed by atoms with van der Waals surface area (Å²) in [6.45, 7) is 11.4. The minimum atomic E-state index is -0.0257. The van der Waals surface area contributed by atoms with E-state index >= 15 is 0 Å². The van der Waals surface area contributed by atoms with Crippen molar-refractivity contribution in [3.05, 3.63) is 0 Å². The summed E-state index contributed by atoms with van der Waals surface area (Å²) in [5.41, 5.74) is 0. The van der Waals surface area contributed by atoms with E-state index in [0.29, 0.717) is 0 Å². The van der Waals surface area contributed by atoms with Crippen molar-refractivity contribution in [1.29, 1.82) is 0 Å². The van der Waals surface area contributed by atoms with Gasteiger partial charge in [-0.1, -0.05) is 13.8 Å². The third kappa shape index (κ3) is 5.80. The number of nitrogens with one attached hydrogen (secondary N) is 1. The lowest BCUT2D eigenvalue weighted by atomic mass is 10.3. The quantitative estimate of drug-likeness (QED) is 0.633. The van der Waals surface area contributed by atoms with Crippen LogP contribution in [-0.4, -0.2) is 57.1 Å². The maximum absolute atomic E-state index is 5.45. The van der Waals surface area contributed by atoms with E-state index in [9.17, 15) is 0 Å². The fourth-order valence-electron chi connectivity index (χ4n) is 1.84. The van der Waals surface area contributed by atoms with Gasteiger partial charge in [-0.25, -0.2) is 0 Å². The molecule has 1 fully saturated rings. The average Bonchev–Trinajstić information content (AvgIpc) is 2.35. The van der Waals surface area contributed by atoms with E-state index in [4.69, 9.17) is 9.47 Å². The van der Waals surface area contributed by atoms with E-state index in [1.54, 1.807) is 0 Å². The molecule has 0 aliphatic carbocycles. The number of hydrogen-bond acceptors (Lipinski definition) is 4. The summed E-state index contributed by atoms with van der Waals surface area (Å²) in [6, 6.07) is 0. The van der Waals surface area contributed by atoms with Crippen LogP contribution in [-0.2, 0) is 9.47 Å². The second kappa shape index (κ2) is 8.93. The Morgan fingerprint density at radius 3 is 2.50 bits per heavy atom. The molecular weight excluding hydrogens is 204 g/mol. The molecule has 0 unspecified atom stereocenters. The summed E-state index contributed by atoms with van der Waals surface area (Å²) >= 11 is 0. The highest BCUT2D eigenvalue weighted by Crippen LogP contribution is 2.02. The number of hydrogen-bond donors (Lipinski definition) is 1. The van der Waals surface area contributed by atoms with Gasteiger partial charge in [0.1, 0.15) is 0 Å². The topological polar surface area (TPSA) is 33.7 Å². The van der Waals surface area contributed by atoms with Crippen molar-refractivity contribution < 1.29 is 9.47 Å². The van der Waals surface area contributed by atoms with E-state index in [1.807, 2.05) is 0 Å². The summed E-state index contributed by atoms with van der Waals surface area (Å²) in [4.78, 5) is 2.44. The summed E-state index contributed by atoms with van der Waals surface area (Å²) in [7, 11) is 0. The van der Waals surface area contributed by atoms with Gasteiger partial charge in [0.05, 0.1) is 13.2 Å². The Morgan fingerprint density at radius 1 is 1.19 bits per heavy atom. The second-order valence-corrected chi connectivity index (χ2v) is 4.11. The normalized spacial score (nSPS) is 18.2. The molecular formula is C12H26N2O2. The Kier molecular flexibility index (Phi) is 7.76. The second-order valence-electron chi connectivity index (χ2n) is 4.11. The summed E-state index contributed by atoms with van der Waals surface area (Å²) in [6.07, 6.45) is 2.19. The van der Waals surface area contributed by atoms with Crippen molar-refractivity contribution in [2.75, 3.05) is 45.9 Å². The van der Waals surface area contributed by atoms with Crippen LogP contribution in [0.15, 0.2) is 0 Å². The maximum atomic E-state index is 5.45. The molecule has 0 atom stereocenters. The standard InChI is InChI=1S/C12H26N2O2/c1-3-14(4-2)8-5-7-13-11-12-15-9-6-10-16-12/h12-13H,3-11H2,1-2H3. The van der Waals surface area contributed by atoms with Crippen molar-refractivity contribution in [3.8, 4) is 0 Å². The van der Waals surface area contributed by atoms with E-state index in [2.05, 4.69) is 24.1 Å². The largest absolute Gasteiger partial charge is 0.351 e. The van der Waals surface area contributed by atoms with Gasteiger partial charge >= 0.3 is 0 Å². The molecule has 1 aliphatic heterocycles. The first-order valence-electron chi connectivity index (χ1n) is 6.53. The Labute approximate surface area is 99.3 Å². The maximum Gasteiger partial charge on any atom is 0.169 e. The fraction of sp³-hybridized carbons (Fsp3) is 1.00. The molecule has 1 heterocycles. The predicted molar refractivity (Wildman–Crippen MR) is 65.6 cm³/mol. The monoisotopic (exact) mass is 230 g/mol. The molecule has 4 nitrogen and oxygen atoms in total. The lowest BCUT2D eigenvalue weighted by Gasteiger charge is -2.23. The molecule has 0 amide bonds. The van der Waals surface area contributed by atoms with Crippen LogP contribution in [0, 0.1) is 0 Å². The van der Waals surface area contributed by atoms with Crippen LogP contribution in [0.25, 0.3) is 0 Å². The minimum absolute atomic E-state index is 0.0257. The first-order chi connectivity index (χ1) is 7.86. The highest BCUT2D eigenvalue weighted by molar-refractivity contribution is 4.58. The molecule has 0 aromatic rings. The Balaban J connectivity index is 1.90. The molecule has 0 radical (unpaired) electrons. The van der Waals surface area contributed by atoms with Crippen molar-refractivity contribution in [2.24, 2.45) is 0 Å². The molecule has 0 bridgehead atoms. The zero-order valence-corrected chi connectivity index (χ0v) is 10.7. The summed E-state index contributed by atoms with van der Waals surface area (Å²) in [5.74, 6) is 0. The van der Waals surface area contributed by atoms with Crippen LogP contribution in [0.1, 0.15) is 26.7 Å². The van der Waals surface area contributed by atoms with Crippen molar-refractivity contribution in [3.63, 3.8) is 0 Å². The molecule has 1 N–H and O–H groups in total. The van der Waals surface area contributed by atoms with Crippen molar-refractivity contribution >= 4 is 0 Å². The number of ether oxygens (including phenoxy) is 2. The summed E-state index contributed by atoms with van der Waals surface area (Å²) in [5, 5.41) is 3.38. The van der Waals surface area contributed by atoms with E-state index < -0.39 is 0 Å². The lowest BCUT2D eigenvalue weighted by Crippen LogP contribution is -2.36. The van der Waals surface area contributed by atoms with Gasteiger partial charge in [0.2, 0.25) is 0 Å². The molecule has 4 heteroatoms. The third-order valence-electron chi connectivity index (χ3n) is 2.93. The molecule has 0 saturated carbocycles. The van der Waals surface area contributed by atoms with Crippen LogP contribution in [0.4, 0.5) is 0 Å². The smallest absolute Gasteiger partial charge is 0.169 e. The van der Waals surface area contributed by atoms with Crippen LogP contribution >= 0.6 is 0 Å². The number of rotatable bonds is 8. The van der Waals surface area contributed by atoms with Crippen LogP contribution in [0.2, 0.25) is 0 Å². The molecule has 0 aromatic carbocycles. The molecule has 0 spiro atoms. The molecule has 1 aliphatic rings. The molecule has 0 aromatic heterocycles. The van der Waals surface area contributed by atoms with E-state index in [1.165, 1.54) is 13.0 Å². The zero-order valence-electron chi connectivity index (χ0n) is 10.7. The lowest BCUT2D eigenvalue weighted by molar-refractivity contribution is -0.175. The Bertz CT molecular complexity index is 157. The van der Waals surface area contributed by atoms with Gasteiger partial charge in [-0.15, -0.1) is 0 Å². The minimum Gasteiger partial charge on any atom is -0.351 e. The van der Waals surface area contributed by atoms with Gasteiger partial charge in [0.15, 0.2) is 6.29 Å². The van der Waals surface area contributed by atoms with Crippen molar-refractivity contribution in [2.45, 2.75) is 33.0 Å². The van der Waals surface area contributed by atoms with Gasteiger partial charge in [0, 0.05) is 6.54 Å². The Hall–Kier alpha value is -0.160. The first kappa shape index (κ1) is 13.9. The van der Waals surface area contributed by atoms with Crippen LogP contribution < -0.4 is 5.32 Å². The highest BCUT2D eigenvalue weighted by atomic mass is 16.7. The Morgan fingerprint density at radius 2 is 1.88 bits per heavy atom. The fourth-order valence-corrected chi connectivity index (χ4v) is 1.84. The van der Waals surface area contributed by atoms with Crippen molar-refractivity contribution in [1.82, 2.24) is 10.2 Å². The van der Waals surface area contributed by atoms with Crippen LogP contribution in [0.5, 0.6) is 0 Å². The molecule has 96 valence electrons. The highest BCUT2D eigenvalue weighted by Gasteiger charge is 2.12. The van der Waals surface area contributed by atoms with Gasteiger partial charge in [0.25, 0.3) is 0 Å². The van der Waals surface area contributed by atoms with E-state index in [-0.39, 0.29) is 6.29 Å². The van der Waals surface area contributed by atoms with Crippen LogP contribution in [0.3, 0.4) is 0 Å². The first-order valence-corrected chi connectivity index (χ1v) is 6.53. The number of nitrogens with zero attached hydrogens (tertiary/aromatic N) is 1. The molecule has 1 rings (SSSR count).